The topological polar surface area (TPSA) is 72.4 Å². The Morgan fingerprint density at radius 2 is 1.95 bits per heavy atom. The third kappa shape index (κ3) is 2.03. The van der Waals surface area contributed by atoms with Crippen LogP contribution in [-0.2, 0) is 0 Å². The van der Waals surface area contributed by atoms with Gasteiger partial charge in [0.2, 0.25) is 0 Å². The molecule has 0 saturated heterocycles. The number of hydrogen-bond donors (Lipinski definition) is 2. The quantitative estimate of drug-likeness (QED) is 0.431. The molecule has 1 aromatic carbocycles. The molecule has 3 N–H and O–H groups in total. The van der Waals surface area contributed by atoms with Crippen molar-refractivity contribution in [3.63, 3.8) is 0 Å². The molecule has 0 fully saturated rings. The first-order chi connectivity index (χ1) is 9.70. The molecule has 0 bridgehead atoms. The molecule has 0 aliphatic heterocycles. The summed E-state index contributed by atoms with van der Waals surface area (Å²) in [5.41, 5.74) is 4.54. The second kappa shape index (κ2) is 4.96. The lowest BCUT2D eigenvalue weighted by Gasteiger charge is -2.03. The molecule has 2 aromatic heterocycles. The van der Waals surface area contributed by atoms with Crippen LogP contribution < -0.4 is 11.3 Å². The molecule has 2 heterocycles. The highest BCUT2D eigenvalue weighted by molar-refractivity contribution is 6.30. The summed E-state index contributed by atoms with van der Waals surface area (Å²) >= 11 is 5.98. The lowest BCUT2D eigenvalue weighted by molar-refractivity contribution is 0.0948. The highest BCUT2D eigenvalue weighted by Gasteiger charge is 2.19. The van der Waals surface area contributed by atoms with Gasteiger partial charge in [0.1, 0.15) is 17.0 Å². The van der Waals surface area contributed by atoms with Gasteiger partial charge in [0.25, 0.3) is 5.91 Å². The monoisotopic (exact) mass is 286 g/mol. The molecule has 6 heteroatoms. The highest BCUT2D eigenvalue weighted by atomic mass is 35.5. The fourth-order valence-electron chi connectivity index (χ4n) is 2.10. The summed E-state index contributed by atoms with van der Waals surface area (Å²) in [5.74, 6) is 4.85. The summed E-state index contributed by atoms with van der Waals surface area (Å²) in [6.45, 7) is 0. The molecule has 5 nitrogen and oxygen atoms in total. The van der Waals surface area contributed by atoms with E-state index in [-0.39, 0.29) is 0 Å². The SMILES string of the molecule is NNC(=O)c1c(-c2ccccc2)nc2ccc(Cl)cn12. The molecule has 100 valence electrons. The van der Waals surface area contributed by atoms with Crippen LogP contribution in [0.15, 0.2) is 48.7 Å². The van der Waals surface area contributed by atoms with E-state index in [0.29, 0.717) is 22.1 Å². The van der Waals surface area contributed by atoms with E-state index in [1.165, 1.54) is 0 Å². The average molecular weight is 287 g/mol. The van der Waals surface area contributed by atoms with Gasteiger partial charge >= 0.3 is 0 Å². The Kier molecular flexibility index (Phi) is 3.14. The van der Waals surface area contributed by atoms with Crippen LogP contribution in [0.25, 0.3) is 16.9 Å². The van der Waals surface area contributed by atoms with Crippen molar-refractivity contribution in [3.8, 4) is 11.3 Å². The molecule has 0 unspecified atom stereocenters. The third-order valence-electron chi connectivity index (χ3n) is 2.98. The zero-order chi connectivity index (χ0) is 14.1. The molecule has 0 atom stereocenters. The number of nitrogens with two attached hydrogens (primary N) is 1. The fraction of sp³-hybridized carbons (Fsp3) is 0. The van der Waals surface area contributed by atoms with E-state index in [0.717, 1.165) is 5.56 Å². The Morgan fingerprint density at radius 3 is 2.65 bits per heavy atom. The van der Waals surface area contributed by atoms with Gasteiger partial charge in [-0.2, -0.15) is 0 Å². The minimum Gasteiger partial charge on any atom is -0.293 e. The minimum atomic E-state index is -0.418. The molecule has 1 amide bonds. The van der Waals surface area contributed by atoms with Crippen LogP contribution >= 0.6 is 11.6 Å². The van der Waals surface area contributed by atoms with E-state index in [1.54, 1.807) is 22.7 Å². The van der Waals surface area contributed by atoms with Crippen LogP contribution in [-0.4, -0.2) is 15.3 Å². The van der Waals surface area contributed by atoms with Crippen LogP contribution in [0.3, 0.4) is 0 Å². The molecule has 3 rings (SSSR count). The maximum Gasteiger partial charge on any atom is 0.284 e. The van der Waals surface area contributed by atoms with Gasteiger partial charge in [-0.3, -0.25) is 14.6 Å². The third-order valence-corrected chi connectivity index (χ3v) is 3.20. The number of pyridine rings is 1. The van der Waals surface area contributed by atoms with E-state index >= 15 is 0 Å². The minimum absolute atomic E-state index is 0.358. The van der Waals surface area contributed by atoms with Crippen molar-refractivity contribution in [2.75, 3.05) is 0 Å². The number of rotatable bonds is 2. The Morgan fingerprint density at radius 1 is 1.20 bits per heavy atom. The number of carbonyl (C=O) groups excluding carboxylic acids is 1. The average Bonchev–Trinajstić information content (AvgIpc) is 2.86. The van der Waals surface area contributed by atoms with Gasteiger partial charge in [-0.05, 0) is 12.1 Å². The number of benzene rings is 1. The summed E-state index contributed by atoms with van der Waals surface area (Å²) in [6, 6.07) is 12.9. The maximum absolute atomic E-state index is 12.1. The van der Waals surface area contributed by atoms with E-state index in [9.17, 15) is 4.79 Å². The van der Waals surface area contributed by atoms with Crippen molar-refractivity contribution in [2.45, 2.75) is 0 Å². The van der Waals surface area contributed by atoms with Gasteiger partial charge in [0.15, 0.2) is 0 Å². The van der Waals surface area contributed by atoms with Crippen LogP contribution in [0.2, 0.25) is 5.02 Å². The second-order valence-electron chi connectivity index (χ2n) is 4.22. The van der Waals surface area contributed by atoms with E-state index in [2.05, 4.69) is 10.4 Å². The summed E-state index contributed by atoms with van der Waals surface area (Å²) in [7, 11) is 0. The standard InChI is InChI=1S/C14H11ClN4O/c15-10-6-7-11-17-12(9-4-2-1-3-5-9)13(14(20)18-16)19(11)8-10/h1-8H,16H2,(H,18,20). The molecule has 20 heavy (non-hydrogen) atoms. The van der Waals surface area contributed by atoms with Crippen LogP contribution in [0.1, 0.15) is 10.5 Å². The normalized spacial score (nSPS) is 10.7. The predicted octanol–water partition coefficient (Wildman–Crippen LogP) is 2.26. The van der Waals surface area contributed by atoms with Crippen LogP contribution in [0.4, 0.5) is 0 Å². The van der Waals surface area contributed by atoms with Crippen LogP contribution in [0, 0.1) is 0 Å². The van der Waals surface area contributed by atoms with Gasteiger partial charge in [0.05, 0.1) is 5.02 Å². The van der Waals surface area contributed by atoms with Crippen molar-refractivity contribution in [2.24, 2.45) is 5.84 Å². The number of nitrogens with one attached hydrogen (secondary N) is 1. The smallest absolute Gasteiger partial charge is 0.284 e. The van der Waals surface area contributed by atoms with Crippen molar-refractivity contribution in [3.05, 3.63) is 59.4 Å². The maximum atomic E-state index is 12.1. The van der Waals surface area contributed by atoms with E-state index in [1.807, 2.05) is 30.3 Å². The lowest BCUT2D eigenvalue weighted by Crippen LogP contribution is -2.31. The first-order valence-corrected chi connectivity index (χ1v) is 6.32. The largest absolute Gasteiger partial charge is 0.293 e. The number of imidazole rings is 1. The first kappa shape index (κ1) is 12.7. The summed E-state index contributed by atoms with van der Waals surface area (Å²) in [4.78, 5) is 16.5. The van der Waals surface area contributed by atoms with E-state index < -0.39 is 5.91 Å². The Bertz CT molecular complexity index is 782. The number of nitrogens with zero attached hydrogens (tertiary/aromatic N) is 2. The lowest BCUT2D eigenvalue weighted by atomic mass is 10.1. The van der Waals surface area contributed by atoms with Crippen molar-refractivity contribution in [1.29, 1.82) is 0 Å². The number of fused-ring (bicyclic) bond motifs is 1. The number of amides is 1. The van der Waals surface area contributed by atoms with Gasteiger partial charge < -0.3 is 0 Å². The Balaban J connectivity index is 2.34. The van der Waals surface area contributed by atoms with Gasteiger partial charge in [0, 0.05) is 11.8 Å². The zero-order valence-corrected chi connectivity index (χ0v) is 11.1. The number of halogens is 1. The summed E-state index contributed by atoms with van der Waals surface area (Å²) in [5, 5.41) is 0.514. The van der Waals surface area contributed by atoms with Crippen molar-refractivity contribution < 1.29 is 4.79 Å². The Labute approximate surface area is 120 Å². The number of hydrogen-bond acceptors (Lipinski definition) is 3. The molecule has 0 spiro atoms. The van der Waals surface area contributed by atoms with Gasteiger partial charge in [-0.25, -0.2) is 10.8 Å². The highest BCUT2D eigenvalue weighted by Crippen LogP contribution is 2.25. The number of hydrazine groups is 1. The van der Waals surface area contributed by atoms with Crippen molar-refractivity contribution in [1.82, 2.24) is 14.8 Å². The summed E-state index contributed by atoms with van der Waals surface area (Å²) < 4.78 is 1.63. The molecule has 0 saturated carbocycles. The fourth-order valence-corrected chi connectivity index (χ4v) is 2.26. The number of nitrogen functional groups attached to an aromatic ring is 1. The number of aromatic nitrogens is 2. The van der Waals surface area contributed by atoms with E-state index in [4.69, 9.17) is 17.4 Å². The van der Waals surface area contributed by atoms with Crippen molar-refractivity contribution >= 4 is 23.2 Å². The predicted molar refractivity (Wildman–Crippen MR) is 77.3 cm³/mol. The molecular formula is C14H11ClN4O. The summed E-state index contributed by atoms with van der Waals surface area (Å²) in [6.07, 6.45) is 1.64. The Hall–Kier alpha value is -2.37. The second-order valence-corrected chi connectivity index (χ2v) is 4.66. The molecule has 3 aromatic rings. The molecule has 0 aliphatic carbocycles. The zero-order valence-electron chi connectivity index (χ0n) is 10.4. The van der Waals surface area contributed by atoms with Gasteiger partial charge in [-0.1, -0.05) is 41.9 Å². The van der Waals surface area contributed by atoms with Crippen LogP contribution in [0.5, 0.6) is 0 Å². The number of carbonyl (C=O) groups is 1. The first-order valence-electron chi connectivity index (χ1n) is 5.94. The molecule has 0 radical (unpaired) electrons. The van der Waals surface area contributed by atoms with Gasteiger partial charge in [-0.15, -0.1) is 0 Å². The molecule has 0 aliphatic rings. The molecular weight excluding hydrogens is 276 g/mol.